The highest BCUT2D eigenvalue weighted by Gasteiger charge is 2.07. The molecule has 112 valence electrons. The molecule has 7 heteroatoms. The Kier molecular flexibility index (Phi) is 4.89. The summed E-state index contributed by atoms with van der Waals surface area (Å²) < 4.78 is 6.69. The Balaban J connectivity index is 2.05. The molecule has 0 fully saturated rings. The van der Waals surface area contributed by atoms with Crippen LogP contribution in [0.2, 0.25) is 0 Å². The molecule has 7 nitrogen and oxygen atoms in total. The number of hydroxylamine groups is 1. The van der Waals surface area contributed by atoms with Gasteiger partial charge in [-0.1, -0.05) is 0 Å². The smallest absolute Gasteiger partial charge is 0.305 e. The molecule has 0 aliphatic heterocycles. The zero-order chi connectivity index (χ0) is 15.2. The third kappa shape index (κ3) is 3.57. The molecule has 0 spiro atoms. The monoisotopic (exact) mass is 290 g/mol. The van der Waals surface area contributed by atoms with Crippen molar-refractivity contribution in [2.45, 2.75) is 26.3 Å². The van der Waals surface area contributed by atoms with Crippen LogP contribution in [0.15, 0.2) is 24.4 Å². The normalized spacial score (nSPS) is 10.6. The number of carbonyl (C=O) groups is 1. The van der Waals surface area contributed by atoms with Crippen molar-refractivity contribution >= 4 is 22.7 Å². The molecule has 0 saturated carbocycles. The molecule has 1 aromatic heterocycles. The fraction of sp³-hybridized carbons (Fsp3) is 0.357. The van der Waals surface area contributed by atoms with Crippen molar-refractivity contribution < 1.29 is 14.7 Å². The summed E-state index contributed by atoms with van der Waals surface area (Å²) in [6, 6.07) is 5.35. The molecule has 0 aliphatic rings. The van der Waals surface area contributed by atoms with E-state index in [0.717, 1.165) is 10.9 Å². The van der Waals surface area contributed by atoms with Crippen molar-refractivity contribution in [1.82, 2.24) is 15.3 Å². The largest absolute Gasteiger partial charge is 0.466 e. The number of esters is 1. The Labute approximate surface area is 122 Å². The maximum absolute atomic E-state index is 11.3. The van der Waals surface area contributed by atoms with E-state index >= 15 is 0 Å². The highest BCUT2D eigenvalue weighted by Crippen LogP contribution is 2.16. The van der Waals surface area contributed by atoms with Gasteiger partial charge in [0.05, 0.1) is 18.3 Å². The zero-order valence-corrected chi connectivity index (χ0v) is 11.8. The third-order valence-corrected chi connectivity index (χ3v) is 3.10. The van der Waals surface area contributed by atoms with Crippen molar-refractivity contribution in [3.8, 4) is 0 Å². The van der Waals surface area contributed by atoms with Gasteiger partial charge in [-0.25, -0.2) is 0 Å². The molecular formula is C14H18N4O3. The molecule has 0 atom stereocenters. The van der Waals surface area contributed by atoms with Crippen LogP contribution in [0.3, 0.4) is 0 Å². The van der Waals surface area contributed by atoms with E-state index in [0.29, 0.717) is 31.6 Å². The number of amidine groups is 1. The van der Waals surface area contributed by atoms with E-state index in [2.05, 4.69) is 5.10 Å². The first-order valence-corrected chi connectivity index (χ1v) is 6.76. The van der Waals surface area contributed by atoms with E-state index in [1.165, 1.54) is 0 Å². The number of carbonyl (C=O) groups excluding carboxylic acids is 1. The van der Waals surface area contributed by atoms with Gasteiger partial charge >= 0.3 is 5.97 Å². The van der Waals surface area contributed by atoms with E-state index in [1.807, 2.05) is 16.2 Å². The van der Waals surface area contributed by atoms with Gasteiger partial charge in [-0.05, 0) is 31.5 Å². The summed E-state index contributed by atoms with van der Waals surface area (Å²) in [6.45, 7) is 2.81. The lowest BCUT2D eigenvalue weighted by molar-refractivity contribution is -0.143. The van der Waals surface area contributed by atoms with Crippen LogP contribution in [-0.2, 0) is 16.1 Å². The van der Waals surface area contributed by atoms with Crippen LogP contribution in [-0.4, -0.2) is 33.4 Å². The predicted octanol–water partition coefficient (Wildman–Crippen LogP) is 1.68. The third-order valence-electron chi connectivity index (χ3n) is 3.10. The van der Waals surface area contributed by atoms with Gasteiger partial charge in [0.15, 0.2) is 0 Å². The highest BCUT2D eigenvalue weighted by atomic mass is 16.5. The summed E-state index contributed by atoms with van der Waals surface area (Å²) in [5.41, 5.74) is 3.32. The molecule has 2 rings (SSSR count). The number of aromatic nitrogens is 2. The highest BCUT2D eigenvalue weighted by molar-refractivity contribution is 5.98. The minimum atomic E-state index is -0.196. The minimum absolute atomic E-state index is 0.0630. The van der Waals surface area contributed by atoms with Crippen molar-refractivity contribution in [2.24, 2.45) is 0 Å². The molecule has 2 aromatic rings. The second-order valence-corrected chi connectivity index (χ2v) is 4.54. The van der Waals surface area contributed by atoms with Gasteiger partial charge in [0.2, 0.25) is 0 Å². The van der Waals surface area contributed by atoms with Crippen LogP contribution < -0.4 is 5.48 Å². The Morgan fingerprint density at radius 3 is 3.05 bits per heavy atom. The Hall–Kier alpha value is -2.41. The van der Waals surface area contributed by atoms with Gasteiger partial charge in [0.1, 0.15) is 5.84 Å². The van der Waals surface area contributed by atoms with Crippen LogP contribution >= 0.6 is 0 Å². The van der Waals surface area contributed by atoms with Crippen LogP contribution in [0.4, 0.5) is 0 Å². The number of hydrogen-bond donors (Lipinski definition) is 3. The summed E-state index contributed by atoms with van der Waals surface area (Å²) in [4.78, 5) is 11.3. The predicted molar refractivity (Wildman–Crippen MR) is 77.4 cm³/mol. The van der Waals surface area contributed by atoms with E-state index < -0.39 is 0 Å². The summed E-state index contributed by atoms with van der Waals surface area (Å²) >= 11 is 0. The summed E-state index contributed by atoms with van der Waals surface area (Å²) in [7, 11) is 0. The van der Waals surface area contributed by atoms with E-state index in [9.17, 15) is 4.79 Å². The molecule has 0 amide bonds. The molecule has 0 aliphatic carbocycles. The molecule has 21 heavy (non-hydrogen) atoms. The van der Waals surface area contributed by atoms with Gasteiger partial charge in [0, 0.05) is 23.9 Å². The van der Waals surface area contributed by atoms with Crippen LogP contribution in [0.5, 0.6) is 0 Å². The number of nitrogens with zero attached hydrogens (tertiary/aromatic N) is 2. The SMILES string of the molecule is CCOC(=O)CCCn1ncc2cc(C(=N)NO)ccc21. The minimum Gasteiger partial charge on any atom is -0.466 e. The number of rotatable bonds is 6. The van der Waals surface area contributed by atoms with Gasteiger partial charge in [-0.3, -0.25) is 25.6 Å². The van der Waals surface area contributed by atoms with E-state index in [1.54, 1.807) is 25.3 Å². The molecule has 1 heterocycles. The number of fused-ring (bicyclic) bond motifs is 1. The summed E-state index contributed by atoms with van der Waals surface area (Å²) in [6.07, 6.45) is 2.73. The summed E-state index contributed by atoms with van der Waals surface area (Å²) in [5.74, 6) is -0.259. The van der Waals surface area contributed by atoms with Crippen LogP contribution in [0, 0.1) is 5.41 Å². The first kappa shape index (κ1) is 15.0. The average molecular weight is 290 g/mol. The molecule has 1 aromatic carbocycles. The maximum Gasteiger partial charge on any atom is 0.305 e. The number of ether oxygens (including phenoxy) is 1. The lowest BCUT2D eigenvalue weighted by Crippen LogP contribution is -2.18. The van der Waals surface area contributed by atoms with Gasteiger partial charge < -0.3 is 4.74 Å². The van der Waals surface area contributed by atoms with Gasteiger partial charge in [0.25, 0.3) is 0 Å². The molecule has 3 N–H and O–H groups in total. The second kappa shape index (κ2) is 6.85. The fourth-order valence-corrected chi connectivity index (χ4v) is 2.09. The van der Waals surface area contributed by atoms with E-state index in [4.69, 9.17) is 15.4 Å². The van der Waals surface area contributed by atoms with Crippen molar-refractivity contribution in [1.29, 1.82) is 5.41 Å². The van der Waals surface area contributed by atoms with Crippen molar-refractivity contribution in [3.63, 3.8) is 0 Å². The first-order valence-electron chi connectivity index (χ1n) is 6.76. The zero-order valence-electron chi connectivity index (χ0n) is 11.8. The number of nitrogens with one attached hydrogen (secondary N) is 2. The second-order valence-electron chi connectivity index (χ2n) is 4.54. The lowest BCUT2D eigenvalue weighted by Gasteiger charge is -2.05. The van der Waals surface area contributed by atoms with Crippen LogP contribution in [0.1, 0.15) is 25.3 Å². The Morgan fingerprint density at radius 1 is 1.52 bits per heavy atom. The number of benzene rings is 1. The number of hydrogen-bond acceptors (Lipinski definition) is 5. The standard InChI is InChI=1S/C14H18N4O3/c1-2-21-13(19)4-3-7-18-12-6-5-10(14(15)17-20)8-11(12)9-16-18/h5-6,8-9,20H,2-4,7H2,1H3,(H2,15,17). The van der Waals surface area contributed by atoms with Crippen molar-refractivity contribution in [3.05, 3.63) is 30.0 Å². The van der Waals surface area contributed by atoms with Gasteiger partial charge in [-0.2, -0.15) is 5.10 Å². The Morgan fingerprint density at radius 2 is 2.33 bits per heavy atom. The molecule has 0 saturated heterocycles. The number of aryl methyl sites for hydroxylation is 1. The molecule has 0 unspecified atom stereocenters. The van der Waals surface area contributed by atoms with E-state index in [-0.39, 0.29) is 11.8 Å². The quantitative estimate of drug-likeness (QED) is 0.325. The Bertz CT molecular complexity index is 651. The topological polar surface area (TPSA) is 100 Å². The fourth-order valence-electron chi connectivity index (χ4n) is 2.09. The lowest BCUT2D eigenvalue weighted by atomic mass is 10.1. The van der Waals surface area contributed by atoms with Crippen LogP contribution in [0.25, 0.3) is 10.9 Å². The molecule has 0 radical (unpaired) electrons. The summed E-state index contributed by atoms with van der Waals surface area (Å²) in [5, 5.41) is 21.4. The van der Waals surface area contributed by atoms with Gasteiger partial charge in [-0.15, -0.1) is 0 Å². The first-order chi connectivity index (χ1) is 10.2. The van der Waals surface area contributed by atoms with Crippen molar-refractivity contribution in [2.75, 3.05) is 6.61 Å². The maximum atomic E-state index is 11.3. The average Bonchev–Trinajstić information content (AvgIpc) is 2.89. The molecule has 0 bridgehead atoms. The molecular weight excluding hydrogens is 272 g/mol.